The molecule has 4 rings (SSSR count). The van der Waals surface area contributed by atoms with E-state index < -0.39 is 22.9 Å². The van der Waals surface area contributed by atoms with E-state index in [2.05, 4.69) is 4.98 Å². The van der Waals surface area contributed by atoms with Crippen LogP contribution < -0.4 is 0 Å². The van der Waals surface area contributed by atoms with Crippen molar-refractivity contribution in [3.05, 3.63) is 51.8 Å². The van der Waals surface area contributed by atoms with Crippen molar-refractivity contribution in [2.75, 3.05) is 0 Å². The summed E-state index contributed by atoms with van der Waals surface area (Å²) in [6, 6.07) is 1.69. The minimum atomic E-state index is -1.13. The number of nitrogens with zero attached hydrogens (tertiary/aromatic N) is 1. The zero-order valence-electron chi connectivity index (χ0n) is 9.71. The molecule has 1 fully saturated rings. The van der Waals surface area contributed by atoms with Crippen LogP contribution in [0.2, 0.25) is 0 Å². The zero-order valence-corrected chi connectivity index (χ0v) is 10.5. The lowest BCUT2D eigenvalue weighted by atomic mass is 9.93. The monoisotopic (exact) mass is 282 g/mol. The molecule has 1 N–H and O–H groups in total. The van der Waals surface area contributed by atoms with Gasteiger partial charge in [-0.3, -0.25) is 0 Å². The number of aromatic nitrogens is 2. The van der Waals surface area contributed by atoms with Crippen molar-refractivity contribution in [3.8, 4) is 0 Å². The predicted molar refractivity (Wildman–Crippen MR) is 65.0 cm³/mol. The number of aromatic amines is 1. The topological polar surface area (TPSA) is 20.7 Å². The Hall–Kier alpha value is -1.56. The van der Waals surface area contributed by atoms with E-state index in [0.717, 1.165) is 11.8 Å². The molecule has 98 valence electrons. The van der Waals surface area contributed by atoms with Crippen LogP contribution in [0, 0.1) is 22.2 Å². The maximum absolute atomic E-state index is 14.0. The minimum absolute atomic E-state index is 0.0937. The van der Waals surface area contributed by atoms with Crippen molar-refractivity contribution < 1.29 is 13.2 Å². The smallest absolute Gasteiger partial charge is 0.177 e. The number of H-pyrrole nitrogens is 1. The lowest BCUT2D eigenvalue weighted by Gasteiger charge is -2.14. The van der Waals surface area contributed by atoms with Gasteiger partial charge in [-0.2, -0.15) is 0 Å². The van der Waals surface area contributed by atoms with Gasteiger partial charge in [-0.15, -0.1) is 0 Å². The van der Waals surface area contributed by atoms with Gasteiger partial charge in [0.2, 0.25) is 0 Å². The second kappa shape index (κ2) is 3.30. The van der Waals surface area contributed by atoms with Crippen LogP contribution in [0.4, 0.5) is 13.2 Å². The number of benzene rings is 1. The average molecular weight is 282 g/mol. The van der Waals surface area contributed by atoms with E-state index in [0.29, 0.717) is 23.8 Å². The lowest BCUT2D eigenvalue weighted by molar-refractivity contribution is 0.460. The van der Waals surface area contributed by atoms with Crippen LogP contribution in [0.3, 0.4) is 0 Å². The van der Waals surface area contributed by atoms with E-state index in [1.165, 1.54) is 0 Å². The fourth-order valence-corrected chi connectivity index (χ4v) is 3.54. The highest BCUT2D eigenvalue weighted by atomic mass is 32.1. The summed E-state index contributed by atoms with van der Waals surface area (Å²) in [6.45, 7) is 0.481. The summed E-state index contributed by atoms with van der Waals surface area (Å²) < 4.78 is 43.1. The van der Waals surface area contributed by atoms with E-state index in [1.807, 2.05) is 4.57 Å². The van der Waals surface area contributed by atoms with Crippen molar-refractivity contribution in [2.45, 2.75) is 24.3 Å². The minimum Gasteiger partial charge on any atom is -0.337 e. The second-order valence-corrected chi connectivity index (χ2v) is 5.65. The van der Waals surface area contributed by atoms with Gasteiger partial charge in [-0.1, -0.05) is 0 Å². The second-order valence-electron chi connectivity index (χ2n) is 5.27. The summed E-state index contributed by atoms with van der Waals surface area (Å²) in [5.41, 5.74) is 0.604. The standard InChI is InChI=1S/C13H9F3N2S/c14-6-1-7(11(16)9(15)2-6)13-3-8(13)10-4-17-12(19)18(10)5-13/h1-2,4,8H,3,5H2,(H,17,19)/t8-,13+/m0/s1. The molecule has 1 aromatic heterocycles. The van der Waals surface area contributed by atoms with E-state index >= 15 is 0 Å². The molecule has 2 aromatic rings. The van der Waals surface area contributed by atoms with Crippen LogP contribution in [-0.4, -0.2) is 9.55 Å². The first-order valence-corrected chi connectivity index (χ1v) is 6.37. The van der Waals surface area contributed by atoms with Crippen LogP contribution in [-0.2, 0) is 12.0 Å². The molecular formula is C13H9F3N2S. The first kappa shape index (κ1) is 11.3. The third-order valence-corrected chi connectivity index (χ3v) is 4.64. The fraction of sp³-hybridized carbons (Fsp3) is 0.308. The van der Waals surface area contributed by atoms with Crippen LogP contribution in [0.15, 0.2) is 18.3 Å². The Labute approximate surface area is 111 Å². The Balaban J connectivity index is 1.88. The van der Waals surface area contributed by atoms with Crippen LogP contribution in [0.5, 0.6) is 0 Å². The summed E-state index contributed by atoms with van der Waals surface area (Å²) in [5, 5.41) is 0. The summed E-state index contributed by atoms with van der Waals surface area (Å²) in [4.78, 5) is 2.94. The van der Waals surface area contributed by atoms with Gasteiger partial charge in [0.05, 0.1) is 0 Å². The molecule has 6 heteroatoms. The number of hydrogen-bond donors (Lipinski definition) is 1. The average Bonchev–Trinajstić information content (AvgIpc) is 2.83. The number of hydrogen-bond acceptors (Lipinski definition) is 1. The molecule has 2 nitrogen and oxygen atoms in total. The highest BCUT2D eigenvalue weighted by Crippen LogP contribution is 2.65. The molecular weight excluding hydrogens is 273 g/mol. The van der Waals surface area contributed by atoms with Crippen molar-refractivity contribution in [3.63, 3.8) is 0 Å². The molecule has 0 bridgehead atoms. The van der Waals surface area contributed by atoms with Gasteiger partial charge in [0, 0.05) is 41.4 Å². The number of rotatable bonds is 1. The van der Waals surface area contributed by atoms with Gasteiger partial charge in [0.1, 0.15) is 5.82 Å². The van der Waals surface area contributed by atoms with Crippen LogP contribution in [0.1, 0.15) is 23.6 Å². The first-order valence-electron chi connectivity index (χ1n) is 5.96. The Morgan fingerprint density at radius 1 is 1.32 bits per heavy atom. The number of imidazole rings is 1. The molecule has 0 radical (unpaired) electrons. The molecule has 1 aliphatic heterocycles. The third-order valence-electron chi connectivity index (χ3n) is 4.30. The zero-order chi connectivity index (χ0) is 13.4. The molecule has 1 aromatic carbocycles. The number of nitrogens with one attached hydrogen (secondary N) is 1. The molecule has 1 aliphatic carbocycles. The molecule has 0 unspecified atom stereocenters. The molecule has 2 aliphatic rings. The summed E-state index contributed by atoms with van der Waals surface area (Å²) in [7, 11) is 0. The van der Waals surface area contributed by atoms with Gasteiger partial charge in [-0.25, -0.2) is 13.2 Å². The SMILES string of the molecule is Fc1cc(F)c(F)c([C@]23C[C@H]2c2c[nH]c(=S)n2C3)c1. The van der Waals surface area contributed by atoms with Gasteiger partial charge in [0.25, 0.3) is 0 Å². The van der Waals surface area contributed by atoms with Gasteiger partial charge in [-0.05, 0) is 24.7 Å². The number of halogens is 3. The van der Waals surface area contributed by atoms with Gasteiger partial charge in [0.15, 0.2) is 16.4 Å². The highest BCUT2D eigenvalue weighted by Gasteiger charge is 2.62. The summed E-state index contributed by atoms with van der Waals surface area (Å²) >= 11 is 5.14. The summed E-state index contributed by atoms with van der Waals surface area (Å²) in [6.07, 6.45) is 2.51. The van der Waals surface area contributed by atoms with Gasteiger partial charge >= 0.3 is 0 Å². The van der Waals surface area contributed by atoms with E-state index in [4.69, 9.17) is 12.2 Å². The molecule has 1 saturated carbocycles. The van der Waals surface area contributed by atoms with Gasteiger partial charge < -0.3 is 9.55 Å². The van der Waals surface area contributed by atoms with Crippen molar-refractivity contribution in [1.29, 1.82) is 0 Å². The molecule has 19 heavy (non-hydrogen) atoms. The Morgan fingerprint density at radius 2 is 2.11 bits per heavy atom. The molecule has 0 spiro atoms. The highest BCUT2D eigenvalue weighted by molar-refractivity contribution is 7.71. The van der Waals surface area contributed by atoms with E-state index in [9.17, 15) is 13.2 Å². The van der Waals surface area contributed by atoms with Crippen molar-refractivity contribution in [2.24, 2.45) is 0 Å². The quantitative estimate of drug-likeness (QED) is 0.628. The third kappa shape index (κ3) is 1.30. The van der Waals surface area contributed by atoms with Crippen molar-refractivity contribution in [1.82, 2.24) is 9.55 Å². The summed E-state index contributed by atoms with van der Waals surface area (Å²) in [5.74, 6) is -2.71. The van der Waals surface area contributed by atoms with E-state index in [1.54, 1.807) is 6.20 Å². The van der Waals surface area contributed by atoms with Crippen molar-refractivity contribution >= 4 is 12.2 Å². The van der Waals surface area contributed by atoms with Crippen LogP contribution in [0.25, 0.3) is 0 Å². The molecule has 0 amide bonds. The molecule has 2 heterocycles. The maximum atomic E-state index is 14.0. The Morgan fingerprint density at radius 3 is 2.84 bits per heavy atom. The Kier molecular flexibility index (Phi) is 1.96. The fourth-order valence-electron chi connectivity index (χ4n) is 3.31. The molecule has 0 saturated heterocycles. The largest absolute Gasteiger partial charge is 0.337 e. The first-order chi connectivity index (χ1) is 9.03. The van der Waals surface area contributed by atoms with Crippen LogP contribution >= 0.6 is 12.2 Å². The normalized spacial score (nSPS) is 27.2. The molecule has 2 atom stereocenters. The lowest BCUT2D eigenvalue weighted by Crippen LogP contribution is -2.15. The van der Waals surface area contributed by atoms with E-state index in [-0.39, 0.29) is 11.5 Å². The number of fused-ring (bicyclic) bond motifs is 3. The maximum Gasteiger partial charge on any atom is 0.177 e. The predicted octanol–water partition coefficient (Wildman–Crippen LogP) is 3.40. The Bertz CT molecular complexity index is 764.